The van der Waals surface area contributed by atoms with E-state index in [1.807, 2.05) is 31.3 Å². The van der Waals surface area contributed by atoms with Crippen LogP contribution in [0.15, 0.2) is 29.3 Å². The summed E-state index contributed by atoms with van der Waals surface area (Å²) in [6, 6.07) is 7.66. The van der Waals surface area contributed by atoms with Crippen LogP contribution in [0.3, 0.4) is 0 Å². The number of nitrogens with zero attached hydrogens (tertiary/aromatic N) is 3. The predicted molar refractivity (Wildman–Crippen MR) is 91.6 cm³/mol. The number of amides is 1. The van der Waals surface area contributed by atoms with Crippen molar-refractivity contribution in [1.29, 1.82) is 0 Å². The van der Waals surface area contributed by atoms with Gasteiger partial charge in [0.25, 0.3) is 5.91 Å². The molecule has 0 unspecified atom stereocenters. The summed E-state index contributed by atoms with van der Waals surface area (Å²) in [5, 5.41) is 3.30. The van der Waals surface area contributed by atoms with E-state index in [4.69, 9.17) is 0 Å². The first kappa shape index (κ1) is 16.7. The van der Waals surface area contributed by atoms with Crippen molar-refractivity contribution >= 4 is 35.8 Å². The molecule has 0 saturated carbocycles. The van der Waals surface area contributed by atoms with Crippen molar-refractivity contribution in [3.8, 4) is 0 Å². The number of likely N-dealkylation sites (N-methyl/N-ethyl adjacent to an activating group) is 1. The Labute approximate surface area is 137 Å². The maximum atomic E-state index is 11.8. The van der Waals surface area contributed by atoms with Crippen LogP contribution in [0.1, 0.15) is 15.9 Å². The molecule has 0 saturated heterocycles. The Morgan fingerprint density at radius 2 is 2.00 bits per heavy atom. The summed E-state index contributed by atoms with van der Waals surface area (Å²) >= 11 is 0. The van der Waals surface area contributed by atoms with Gasteiger partial charge >= 0.3 is 0 Å². The molecule has 1 amide bonds. The van der Waals surface area contributed by atoms with Gasteiger partial charge in [0.1, 0.15) is 0 Å². The Balaban J connectivity index is 0.00000200. The molecule has 0 bridgehead atoms. The van der Waals surface area contributed by atoms with Crippen LogP contribution in [0.25, 0.3) is 0 Å². The maximum Gasteiger partial charge on any atom is 0.253 e. The number of nitrogens with one attached hydrogen (secondary N) is 1. The average molecular weight is 388 g/mol. The van der Waals surface area contributed by atoms with Gasteiger partial charge in [0.15, 0.2) is 5.96 Å². The zero-order chi connectivity index (χ0) is 13.8. The molecule has 110 valence electrons. The molecule has 1 N–H and O–H groups in total. The summed E-state index contributed by atoms with van der Waals surface area (Å²) in [6.07, 6.45) is 0. The van der Waals surface area contributed by atoms with Crippen LogP contribution < -0.4 is 5.32 Å². The Morgan fingerprint density at radius 1 is 1.35 bits per heavy atom. The van der Waals surface area contributed by atoms with Crippen molar-refractivity contribution in [3.63, 3.8) is 0 Å². The fourth-order valence-corrected chi connectivity index (χ4v) is 1.93. The van der Waals surface area contributed by atoms with Gasteiger partial charge < -0.3 is 15.1 Å². The average Bonchev–Trinajstić information content (AvgIpc) is 2.81. The smallest absolute Gasteiger partial charge is 0.253 e. The highest BCUT2D eigenvalue weighted by molar-refractivity contribution is 14.0. The molecule has 0 radical (unpaired) electrons. The quantitative estimate of drug-likeness (QED) is 0.797. The molecule has 1 heterocycles. The summed E-state index contributed by atoms with van der Waals surface area (Å²) in [4.78, 5) is 19.8. The van der Waals surface area contributed by atoms with Crippen LogP contribution in [0.4, 0.5) is 0 Å². The molecule has 0 aromatic heterocycles. The van der Waals surface area contributed by atoms with E-state index in [0.29, 0.717) is 5.56 Å². The Kier molecular flexibility index (Phi) is 6.25. The molecule has 0 fully saturated rings. The molecule has 20 heavy (non-hydrogen) atoms. The van der Waals surface area contributed by atoms with Crippen molar-refractivity contribution in [1.82, 2.24) is 15.1 Å². The third kappa shape index (κ3) is 4.09. The van der Waals surface area contributed by atoms with Crippen molar-refractivity contribution < 1.29 is 4.79 Å². The topological polar surface area (TPSA) is 47.9 Å². The lowest BCUT2D eigenvalue weighted by molar-refractivity contribution is 0.0827. The molecular weight excluding hydrogens is 367 g/mol. The standard InChI is InChI=1S/C14H20N4O.HI/c1-17(2)13(19)12-6-4-11(5-7-12)10-16-14-15-8-9-18(14)3;/h4-7H,8-10H2,1-3H3,(H,15,16);1H. The van der Waals surface area contributed by atoms with Crippen molar-refractivity contribution in [2.45, 2.75) is 6.54 Å². The van der Waals surface area contributed by atoms with Crippen LogP contribution in [-0.4, -0.2) is 55.9 Å². The molecule has 1 aromatic carbocycles. The van der Waals surface area contributed by atoms with Gasteiger partial charge in [-0.2, -0.15) is 0 Å². The largest absolute Gasteiger partial charge is 0.352 e. The van der Waals surface area contributed by atoms with E-state index < -0.39 is 0 Å². The summed E-state index contributed by atoms with van der Waals surface area (Å²) in [5.41, 5.74) is 1.85. The third-order valence-electron chi connectivity index (χ3n) is 3.12. The van der Waals surface area contributed by atoms with Crippen LogP contribution in [-0.2, 0) is 6.54 Å². The second-order valence-corrected chi connectivity index (χ2v) is 4.88. The van der Waals surface area contributed by atoms with E-state index in [2.05, 4.69) is 15.2 Å². The van der Waals surface area contributed by atoms with Crippen LogP contribution >= 0.6 is 24.0 Å². The molecule has 1 aliphatic rings. The van der Waals surface area contributed by atoms with Crippen molar-refractivity contribution in [2.24, 2.45) is 4.99 Å². The summed E-state index contributed by atoms with van der Waals surface area (Å²) < 4.78 is 0. The minimum absolute atomic E-state index is 0. The van der Waals surface area contributed by atoms with Crippen molar-refractivity contribution in [3.05, 3.63) is 35.4 Å². The highest BCUT2D eigenvalue weighted by Gasteiger charge is 2.11. The normalized spacial score (nSPS) is 13.6. The molecule has 6 heteroatoms. The number of benzene rings is 1. The molecule has 0 spiro atoms. The number of guanidine groups is 1. The lowest BCUT2D eigenvalue weighted by atomic mass is 10.1. The zero-order valence-corrected chi connectivity index (χ0v) is 14.4. The highest BCUT2D eigenvalue weighted by Crippen LogP contribution is 2.07. The first-order valence-corrected chi connectivity index (χ1v) is 6.38. The summed E-state index contributed by atoms with van der Waals surface area (Å²) in [7, 11) is 5.54. The second-order valence-electron chi connectivity index (χ2n) is 4.88. The fraction of sp³-hybridized carbons (Fsp3) is 0.429. The monoisotopic (exact) mass is 388 g/mol. The van der Waals surface area contributed by atoms with Gasteiger partial charge in [0.2, 0.25) is 0 Å². The highest BCUT2D eigenvalue weighted by atomic mass is 127. The number of halogens is 1. The van der Waals surface area contributed by atoms with Gasteiger partial charge in [0, 0.05) is 39.8 Å². The number of aliphatic imine (C=N–C) groups is 1. The van der Waals surface area contributed by atoms with E-state index in [1.54, 1.807) is 19.0 Å². The van der Waals surface area contributed by atoms with E-state index >= 15 is 0 Å². The molecule has 0 atom stereocenters. The maximum absolute atomic E-state index is 11.8. The van der Waals surface area contributed by atoms with Crippen LogP contribution in [0.2, 0.25) is 0 Å². The van der Waals surface area contributed by atoms with Gasteiger partial charge in [-0.05, 0) is 17.7 Å². The molecule has 2 rings (SSSR count). The Bertz CT molecular complexity index is 484. The van der Waals surface area contributed by atoms with E-state index in [1.165, 1.54) is 0 Å². The zero-order valence-electron chi connectivity index (χ0n) is 12.1. The van der Waals surface area contributed by atoms with Gasteiger partial charge in [-0.3, -0.25) is 9.79 Å². The molecule has 5 nitrogen and oxygen atoms in total. The minimum Gasteiger partial charge on any atom is -0.352 e. The molecular formula is C14H21IN4O. The first-order chi connectivity index (χ1) is 9.08. The lowest BCUT2D eigenvalue weighted by Gasteiger charge is -2.15. The molecule has 1 aromatic rings. The number of rotatable bonds is 3. The van der Waals surface area contributed by atoms with Gasteiger partial charge in [-0.1, -0.05) is 12.1 Å². The van der Waals surface area contributed by atoms with Crippen LogP contribution in [0, 0.1) is 0 Å². The van der Waals surface area contributed by atoms with E-state index in [0.717, 1.165) is 31.2 Å². The molecule has 1 aliphatic heterocycles. The lowest BCUT2D eigenvalue weighted by Crippen LogP contribution is -2.35. The van der Waals surface area contributed by atoms with Gasteiger partial charge in [-0.15, -0.1) is 24.0 Å². The van der Waals surface area contributed by atoms with Gasteiger partial charge in [-0.25, -0.2) is 0 Å². The SMILES string of the molecule is CN(C)C(=O)c1ccc(CNC2=NCCN2C)cc1.I. The van der Waals surface area contributed by atoms with E-state index in [9.17, 15) is 4.79 Å². The third-order valence-corrected chi connectivity index (χ3v) is 3.12. The Morgan fingerprint density at radius 3 is 2.50 bits per heavy atom. The summed E-state index contributed by atoms with van der Waals surface area (Å²) in [5.74, 6) is 0.966. The van der Waals surface area contributed by atoms with Gasteiger partial charge in [0.05, 0.1) is 6.54 Å². The predicted octanol–water partition coefficient (Wildman–Crippen LogP) is 1.40. The Hall–Kier alpha value is -1.31. The van der Waals surface area contributed by atoms with E-state index in [-0.39, 0.29) is 29.9 Å². The second kappa shape index (κ2) is 7.47. The minimum atomic E-state index is 0. The fourth-order valence-electron chi connectivity index (χ4n) is 1.93. The summed E-state index contributed by atoms with van der Waals surface area (Å²) in [6.45, 7) is 2.55. The number of hydrogen-bond acceptors (Lipinski definition) is 4. The number of hydrogen-bond donors (Lipinski definition) is 1. The number of carbonyl (C=O) groups is 1. The first-order valence-electron chi connectivity index (χ1n) is 6.38. The molecule has 0 aliphatic carbocycles. The van der Waals surface area contributed by atoms with Crippen molar-refractivity contribution in [2.75, 3.05) is 34.2 Å². The van der Waals surface area contributed by atoms with Crippen LogP contribution in [0.5, 0.6) is 0 Å². The number of carbonyl (C=O) groups excluding carboxylic acids is 1.